The maximum Gasteiger partial charge on any atom is 0.322 e. The van der Waals surface area contributed by atoms with Crippen molar-refractivity contribution >= 4 is 55.0 Å². The molecule has 0 aliphatic carbocycles. The quantitative estimate of drug-likeness (QED) is 0.612. The van der Waals surface area contributed by atoms with Gasteiger partial charge in [0.2, 0.25) is 0 Å². The van der Waals surface area contributed by atoms with Crippen LogP contribution in [0.5, 0.6) is 11.5 Å². The first kappa shape index (κ1) is 16.3. The molecule has 0 atom stereocenters. The summed E-state index contributed by atoms with van der Waals surface area (Å²) in [5.74, 6) is -1.58. The molecule has 7 nitrogen and oxygen atoms in total. The van der Waals surface area contributed by atoms with Gasteiger partial charge in [-0.05, 0) is 18.2 Å². The first-order valence-electron chi connectivity index (χ1n) is 6.71. The third kappa shape index (κ3) is 2.70. The van der Waals surface area contributed by atoms with Gasteiger partial charge in [-0.2, -0.15) is 0 Å². The summed E-state index contributed by atoms with van der Waals surface area (Å²) in [7, 11) is 1.39. The Kier molecular flexibility index (Phi) is 4.16. The fourth-order valence-corrected chi connectivity index (χ4v) is 3.89. The van der Waals surface area contributed by atoms with Crippen LogP contribution in [0.1, 0.15) is 10.5 Å². The Labute approximate surface area is 144 Å². The fourth-order valence-electron chi connectivity index (χ4n) is 2.35. The van der Waals surface area contributed by atoms with Crippen molar-refractivity contribution in [1.82, 2.24) is 10.3 Å². The van der Waals surface area contributed by atoms with Crippen molar-refractivity contribution in [1.29, 1.82) is 0 Å². The second-order valence-corrected chi connectivity index (χ2v) is 6.26. The van der Waals surface area contributed by atoms with Gasteiger partial charge in [-0.3, -0.25) is 9.59 Å². The van der Waals surface area contributed by atoms with Gasteiger partial charge >= 0.3 is 5.97 Å². The largest absolute Gasteiger partial charge is 0.508 e. The van der Waals surface area contributed by atoms with Crippen molar-refractivity contribution in [2.24, 2.45) is 0 Å². The molecule has 1 amide bonds. The lowest BCUT2D eigenvalue weighted by molar-refractivity contribution is -0.135. The van der Waals surface area contributed by atoms with E-state index in [1.165, 1.54) is 18.4 Å². The second kappa shape index (κ2) is 6.14. The van der Waals surface area contributed by atoms with Crippen LogP contribution in [0.3, 0.4) is 0 Å². The summed E-state index contributed by atoms with van der Waals surface area (Å²) in [4.78, 5) is 26.8. The average Bonchev–Trinajstić information content (AvgIpc) is 2.91. The Hall–Kier alpha value is -2.58. The minimum atomic E-state index is -1.17. The van der Waals surface area contributed by atoms with E-state index in [1.807, 2.05) is 0 Å². The fraction of sp³-hybridized carbons (Fsp3) is 0.133. The van der Waals surface area contributed by atoms with Crippen molar-refractivity contribution < 1.29 is 24.5 Å². The molecule has 3 aromatic rings. The van der Waals surface area contributed by atoms with Crippen molar-refractivity contribution in [2.75, 3.05) is 13.7 Å². The Morgan fingerprint density at radius 2 is 2.17 bits per heavy atom. The molecule has 0 fully saturated rings. The predicted octanol–water partition coefficient (Wildman–Crippen LogP) is 2.63. The monoisotopic (exact) mass is 366 g/mol. The van der Waals surface area contributed by atoms with Gasteiger partial charge in [-0.25, -0.2) is 4.98 Å². The number of phenolic OH excluding ortho intramolecular Hbond substituents is 1. The number of aliphatic carboxylic acids is 1. The highest BCUT2D eigenvalue weighted by atomic mass is 35.5. The molecule has 1 aromatic carbocycles. The summed E-state index contributed by atoms with van der Waals surface area (Å²) in [5.41, 5.74) is -0.0907. The van der Waals surface area contributed by atoms with E-state index in [1.54, 1.807) is 18.2 Å². The molecular formula is C15H11ClN2O5S. The lowest BCUT2D eigenvalue weighted by atomic mass is 10.1. The number of hydrogen-bond acceptors (Lipinski definition) is 6. The van der Waals surface area contributed by atoms with E-state index in [0.717, 1.165) is 4.70 Å². The molecule has 0 spiro atoms. The number of carboxylic acid groups (broad SMARTS) is 1. The number of carbonyl (C=O) groups is 2. The number of fused-ring (bicyclic) bond motifs is 3. The summed E-state index contributed by atoms with van der Waals surface area (Å²) in [6.45, 7) is -0.542. The van der Waals surface area contributed by atoms with Gasteiger partial charge in [0.25, 0.3) is 5.91 Å². The third-order valence-electron chi connectivity index (χ3n) is 3.33. The Balaban J connectivity index is 2.24. The van der Waals surface area contributed by atoms with Crippen LogP contribution in [0.4, 0.5) is 0 Å². The zero-order valence-electron chi connectivity index (χ0n) is 12.3. The molecule has 124 valence electrons. The van der Waals surface area contributed by atoms with Gasteiger partial charge in [0, 0.05) is 15.5 Å². The number of ether oxygens (including phenoxy) is 1. The van der Waals surface area contributed by atoms with E-state index < -0.39 is 18.4 Å². The van der Waals surface area contributed by atoms with Crippen LogP contribution in [-0.4, -0.2) is 40.7 Å². The van der Waals surface area contributed by atoms with Crippen LogP contribution in [0.25, 0.3) is 20.2 Å². The third-order valence-corrected chi connectivity index (χ3v) is 4.77. The van der Waals surface area contributed by atoms with E-state index in [2.05, 4.69) is 10.3 Å². The van der Waals surface area contributed by atoms with E-state index in [-0.39, 0.29) is 22.3 Å². The lowest BCUT2D eigenvalue weighted by Crippen LogP contribution is -2.30. The van der Waals surface area contributed by atoms with Crippen LogP contribution in [0.15, 0.2) is 18.2 Å². The van der Waals surface area contributed by atoms with Gasteiger partial charge < -0.3 is 20.3 Å². The van der Waals surface area contributed by atoms with Gasteiger partial charge in [-0.15, -0.1) is 11.3 Å². The number of benzene rings is 1. The summed E-state index contributed by atoms with van der Waals surface area (Å²) in [6, 6.07) is 4.84. The number of halogens is 1. The smallest absolute Gasteiger partial charge is 0.322 e. The molecule has 2 aromatic heterocycles. The number of methoxy groups -OCH3 is 1. The molecular weight excluding hydrogens is 356 g/mol. The number of pyridine rings is 1. The molecule has 3 rings (SSSR count). The molecule has 0 unspecified atom stereocenters. The van der Waals surface area contributed by atoms with Gasteiger partial charge in [0.05, 0.1) is 11.8 Å². The zero-order chi connectivity index (χ0) is 17.4. The topological polar surface area (TPSA) is 109 Å². The standard InChI is InChI=1S/C15H11ClN2O5S/c1-23-12-11(15(22)17-5-9(20)21)18-14(16)10-7-4-6(19)2-3-8(7)24-13(10)12/h2-4,19H,5H2,1H3,(H,17,22)(H,20,21). The van der Waals surface area contributed by atoms with Crippen molar-refractivity contribution in [3.63, 3.8) is 0 Å². The van der Waals surface area contributed by atoms with E-state index in [4.69, 9.17) is 21.4 Å². The Morgan fingerprint density at radius 1 is 1.42 bits per heavy atom. The molecule has 0 aliphatic heterocycles. The lowest BCUT2D eigenvalue weighted by Gasteiger charge is -2.09. The van der Waals surface area contributed by atoms with E-state index >= 15 is 0 Å². The zero-order valence-corrected chi connectivity index (χ0v) is 13.9. The first-order valence-corrected chi connectivity index (χ1v) is 7.90. The van der Waals surface area contributed by atoms with Gasteiger partial charge in [0.15, 0.2) is 11.4 Å². The highest BCUT2D eigenvalue weighted by molar-refractivity contribution is 7.26. The number of thiophene rings is 1. The summed E-state index contributed by atoms with van der Waals surface area (Å²) in [6.07, 6.45) is 0. The number of hydrogen-bond donors (Lipinski definition) is 3. The SMILES string of the molecule is COc1c(C(=O)NCC(=O)O)nc(Cl)c2c1sc1ccc(O)cc12. The molecule has 3 N–H and O–H groups in total. The van der Waals surface area contributed by atoms with Crippen LogP contribution in [0, 0.1) is 0 Å². The highest BCUT2D eigenvalue weighted by Crippen LogP contribution is 2.44. The molecule has 9 heteroatoms. The molecule has 0 radical (unpaired) electrons. The normalized spacial score (nSPS) is 10.9. The number of amides is 1. The van der Waals surface area contributed by atoms with Crippen molar-refractivity contribution in [3.8, 4) is 11.5 Å². The Morgan fingerprint density at radius 3 is 2.83 bits per heavy atom. The molecule has 0 bridgehead atoms. The number of aromatic hydroxyl groups is 1. The van der Waals surface area contributed by atoms with E-state index in [9.17, 15) is 14.7 Å². The molecule has 0 aliphatic rings. The average molecular weight is 367 g/mol. The number of carboxylic acids is 1. The maximum absolute atomic E-state index is 12.2. The molecule has 0 saturated heterocycles. The van der Waals surface area contributed by atoms with Crippen LogP contribution in [0.2, 0.25) is 5.15 Å². The van der Waals surface area contributed by atoms with Gasteiger partial charge in [0.1, 0.15) is 17.4 Å². The summed E-state index contributed by atoms with van der Waals surface area (Å²) < 4.78 is 6.76. The highest BCUT2D eigenvalue weighted by Gasteiger charge is 2.23. The molecule has 0 saturated carbocycles. The minimum Gasteiger partial charge on any atom is -0.508 e. The first-order chi connectivity index (χ1) is 11.4. The number of phenols is 1. The second-order valence-electron chi connectivity index (χ2n) is 4.85. The van der Waals surface area contributed by atoms with E-state index in [0.29, 0.717) is 15.5 Å². The van der Waals surface area contributed by atoms with Crippen molar-refractivity contribution in [3.05, 3.63) is 29.0 Å². The van der Waals surface area contributed by atoms with Crippen LogP contribution < -0.4 is 10.1 Å². The Bertz CT molecular complexity index is 985. The van der Waals surface area contributed by atoms with Crippen LogP contribution >= 0.6 is 22.9 Å². The maximum atomic E-state index is 12.2. The summed E-state index contributed by atoms with van der Waals surface area (Å²) >= 11 is 7.57. The minimum absolute atomic E-state index is 0.0723. The predicted molar refractivity (Wildman–Crippen MR) is 90.3 cm³/mol. The molecule has 24 heavy (non-hydrogen) atoms. The molecule has 2 heterocycles. The van der Waals surface area contributed by atoms with Crippen molar-refractivity contribution in [2.45, 2.75) is 0 Å². The summed E-state index contributed by atoms with van der Waals surface area (Å²) in [5, 5.41) is 21.9. The number of nitrogens with zero attached hydrogens (tertiary/aromatic N) is 1. The van der Waals surface area contributed by atoms with Gasteiger partial charge in [-0.1, -0.05) is 11.6 Å². The number of carbonyl (C=O) groups excluding carboxylic acids is 1. The van der Waals surface area contributed by atoms with Crippen LogP contribution in [-0.2, 0) is 4.79 Å². The number of nitrogens with one attached hydrogen (secondary N) is 1. The number of aromatic nitrogens is 1. The number of rotatable bonds is 4.